The van der Waals surface area contributed by atoms with E-state index in [0.717, 1.165) is 6.42 Å². The van der Waals surface area contributed by atoms with E-state index in [1.807, 2.05) is 0 Å². The Morgan fingerprint density at radius 2 is 1.92 bits per heavy atom. The molecule has 0 bridgehead atoms. The van der Waals surface area contributed by atoms with Crippen molar-refractivity contribution in [2.24, 2.45) is 5.92 Å². The van der Waals surface area contributed by atoms with Gasteiger partial charge in [0.05, 0.1) is 25.2 Å². The van der Waals surface area contributed by atoms with Gasteiger partial charge in [-0.05, 0) is 34.1 Å². The Kier molecular flexibility index (Phi) is 9.21. The molecule has 136 valence electrons. The van der Waals surface area contributed by atoms with E-state index in [9.17, 15) is 0 Å². The first-order chi connectivity index (χ1) is 11.4. The first kappa shape index (κ1) is 21.4. The number of nitrogens with zero attached hydrogens (tertiary/aromatic N) is 2. The van der Waals surface area contributed by atoms with E-state index >= 15 is 0 Å². The maximum Gasteiger partial charge on any atom is 0.259 e. The maximum atomic E-state index is 8.79. The second kappa shape index (κ2) is 10.3. The molecule has 0 aromatic rings. The van der Waals surface area contributed by atoms with E-state index in [0.29, 0.717) is 13.0 Å². The molecule has 1 saturated heterocycles. The average Bonchev–Trinajstić information content (AvgIpc) is 2.82. The van der Waals surface area contributed by atoms with Gasteiger partial charge in [0.15, 0.2) is 0 Å². The van der Waals surface area contributed by atoms with Crippen LogP contribution in [-0.4, -0.2) is 41.7 Å². The van der Waals surface area contributed by atoms with E-state index in [1.165, 1.54) is 0 Å². The molecule has 1 aliphatic rings. The molecule has 0 N–H and O–H groups in total. The molecule has 0 aromatic heterocycles. The van der Waals surface area contributed by atoms with Gasteiger partial charge in [-0.3, -0.25) is 0 Å². The summed E-state index contributed by atoms with van der Waals surface area (Å²) >= 11 is 0. The van der Waals surface area contributed by atoms with Gasteiger partial charge >= 0.3 is 0 Å². The Hall–Kier alpha value is -0.680. The number of ether oxygens (including phenoxy) is 1. The molecule has 1 unspecified atom stereocenters. The van der Waals surface area contributed by atoms with E-state index in [-0.39, 0.29) is 36.3 Å². The molecule has 0 spiro atoms. The molecule has 24 heavy (non-hydrogen) atoms. The molecule has 1 aliphatic heterocycles. The minimum atomic E-state index is -1.30. The van der Waals surface area contributed by atoms with Crippen molar-refractivity contribution < 1.29 is 13.8 Å². The monoisotopic (exact) mass is 354 g/mol. The fraction of sp³-hybridized carbons (Fsp3) is 0.833. The lowest BCUT2D eigenvalue weighted by Crippen LogP contribution is -2.37. The van der Waals surface area contributed by atoms with E-state index in [1.54, 1.807) is 0 Å². The molecule has 0 aromatic carbocycles. The molecular formula is C18H31N2O3P. The van der Waals surface area contributed by atoms with Gasteiger partial charge in [-0.2, -0.15) is 5.26 Å². The lowest BCUT2D eigenvalue weighted by atomic mass is 9.97. The lowest BCUT2D eigenvalue weighted by Gasteiger charge is -2.37. The van der Waals surface area contributed by atoms with Crippen molar-refractivity contribution in [2.75, 3.05) is 6.61 Å². The number of rotatable bonds is 9. The van der Waals surface area contributed by atoms with Gasteiger partial charge in [0.25, 0.3) is 8.53 Å². The van der Waals surface area contributed by atoms with Crippen molar-refractivity contribution in [3.8, 4) is 18.4 Å². The van der Waals surface area contributed by atoms with Crippen LogP contribution < -0.4 is 0 Å². The number of terminal acetylenes is 1. The minimum absolute atomic E-state index is 0.110. The Morgan fingerprint density at radius 3 is 2.38 bits per heavy atom. The zero-order valence-corrected chi connectivity index (χ0v) is 16.6. The molecule has 1 rings (SSSR count). The molecule has 1 fully saturated rings. The zero-order chi connectivity index (χ0) is 18.3. The smallest absolute Gasteiger partial charge is 0.259 e. The van der Waals surface area contributed by atoms with Gasteiger partial charge in [-0.15, -0.1) is 6.42 Å². The van der Waals surface area contributed by atoms with Crippen molar-refractivity contribution in [1.82, 2.24) is 4.67 Å². The summed E-state index contributed by atoms with van der Waals surface area (Å²) in [7, 11) is -1.30. The largest absolute Gasteiger partial charge is 0.359 e. The highest BCUT2D eigenvalue weighted by Gasteiger charge is 2.44. The molecular weight excluding hydrogens is 323 g/mol. The minimum Gasteiger partial charge on any atom is -0.359 e. The van der Waals surface area contributed by atoms with Crippen molar-refractivity contribution in [2.45, 2.75) is 84.8 Å². The standard InChI is InChI=1S/C18H31N2O3P/c1-8-16-15(7)18(17(9-2)22-16)23-24(21-12-10-11-19)20(13(3)4)14(5)6/h2,13-18H,8,10,12H2,1,3-7H3/t15-,16-,17+,18-,24?/m1/s1. The second-order valence-corrected chi connectivity index (χ2v) is 8.05. The van der Waals surface area contributed by atoms with Crippen LogP contribution in [-0.2, 0) is 13.8 Å². The fourth-order valence-corrected chi connectivity index (χ4v) is 4.84. The quantitative estimate of drug-likeness (QED) is 0.354. The highest BCUT2D eigenvalue weighted by molar-refractivity contribution is 7.44. The summed E-state index contributed by atoms with van der Waals surface area (Å²) in [6.07, 6.45) is 6.48. The van der Waals surface area contributed by atoms with Gasteiger partial charge in [0.2, 0.25) is 0 Å². The van der Waals surface area contributed by atoms with Gasteiger partial charge in [0.1, 0.15) is 12.2 Å². The third-order valence-electron chi connectivity index (χ3n) is 4.17. The van der Waals surface area contributed by atoms with E-state index in [2.05, 4.69) is 58.2 Å². The van der Waals surface area contributed by atoms with Crippen LogP contribution >= 0.6 is 8.53 Å². The first-order valence-electron chi connectivity index (χ1n) is 8.73. The summed E-state index contributed by atoms with van der Waals surface area (Å²) in [6, 6.07) is 2.64. The maximum absolute atomic E-state index is 8.79. The summed E-state index contributed by atoms with van der Waals surface area (Å²) in [6.45, 7) is 13.1. The highest BCUT2D eigenvalue weighted by Crippen LogP contribution is 2.50. The summed E-state index contributed by atoms with van der Waals surface area (Å²) < 4.78 is 20.5. The average molecular weight is 354 g/mol. The van der Waals surface area contributed by atoms with Crippen molar-refractivity contribution in [1.29, 1.82) is 5.26 Å². The van der Waals surface area contributed by atoms with Gasteiger partial charge in [0, 0.05) is 18.0 Å². The molecule has 0 saturated carbocycles. The summed E-state index contributed by atoms with van der Waals surface area (Å²) in [5, 5.41) is 8.79. The van der Waals surface area contributed by atoms with Gasteiger partial charge < -0.3 is 13.8 Å². The van der Waals surface area contributed by atoms with Crippen molar-refractivity contribution >= 4 is 8.53 Å². The highest BCUT2D eigenvalue weighted by atomic mass is 31.2. The fourth-order valence-electron chi connectivity index (χ4n) is 3.03. The van der Waals surface area contributed by atoms with Crippen molar-refractivity contribution in [3.63, 3.8) is 0 Å². The molecule has 5 atom stereocenters. The molecule has 1 heterocycles. The Labute approximate surface area is 148 Å². The van der Waals surface area contributed by atoms with E-state index in [4.69, 9.17) is 25.5 Å². The van der Waals surface area contributed by atoms with Crippen LogP contribution in [0.4, 0.5) is 0 Å². The van der Waals surface area contributed by atoms with Crippen LogP contribution in [0, 0.1) is 29.6 Å². The SMILES string of the molecule is C#C[C@@H]1O[C@H](CC)[C@@H](C)[C@H]1OP(OCCC#N)N(C(C)C)C(C)C. The molecule has 6 heteroatoms. The molecule has 5 nitrogen and oxygen atoms in total. The van der Waals surface area contributed by atoms with E-state index < -0.39 is 8.53 Å². The van der Waals surface area contributed by atoms with Gasteiger partial charge in [-0.1, -0.05) is 19.8 Å². The third kappa shape index (κ3) is 5.41. The van der Waals surface area contributed by atoms with Crippen LogP contribution in [0.15, 0.2) is 0 Å². The Bertz CT molecular complexity index is 450. The summed E-state index contributed by atoms with van der Waals surface area (Å²) in [4.78, 5) is 0. The molecule has 0 amide bonds. The van der Waals surface area contributed by atoms with Crippen LogP contribution in [0.5, 0.6) is 0 Å². The number of hydrogen-bond acceptors (Lipinski definition) is 5. The number of hydrogen-bond donors (Lipinski definition) is 0. The van der Waals surface area contributed by atoms with Crippen LogP contribution in [0.25, 0.3) is 0 Å². The molecule has 0 radical (unpaired) electrons. The Balaban J connectivity index is 2.94. The number of nitriles is 1. The Morgan fingerprint density at radius 1 is 1.29 bits per heavy atom. The predicted octanol–water partition coefficient (Wildman–Crippen LogP) is 4.09. The van der Waals surface area contributed by atoms with Crippen LogP contribution in [0.2, 0.25) is 0 Å². The summed E-state index contributed by atoms with van der Waals surface area (Å²) in [5.41, 5.74) is 0. The molecule has 0 aliphatic carbocycles. The second-order valence-electron chi connectivity index (χ2n) is 6.65. The first-order valence-corrected chi connectivity index (χ1v) is 9.86. The van der Waals surface area contributed by atoms with Gasteiger partial charge in [-0.25, -0.2) is 4.67 Å². The zero-order valence-electron chi connectivity index (χ0n) is 15.7. The summed E-state index contributed by atoms with van der Waals surface area (Å²) in [5.74, 6) is 2.93. The van der Waals surface area contributed by atoms with Crippen LogP contribution in [0.3, 0.4) is 0 Å². The normalized spacial score (nSPS) is 28.3. The van der Waals surface area contributed by atoms with Crippen molar-refractivity contribution in [3.05, 3.63) is 0 Å². The topological polar surface area (TPSA) is 54.7 Å². The predicted molar refractivity (Wildman–Crippen MR) is 97.0 cm³/mol. The third-order valence-corrected chi connectivity index (χ3v) is 6.29. The van der Waals surface area contributed by atoms with Crippen LogP contribution in [0.1, 0.15) is 54.4 Å². The lowest BCUT2D eigenvalue weighted by molar-refractivity contribution is 0.0440.